The third kappa shape index (κ3) is 3.68. The van der Waals surface area contributed by atoms with Gasteiger partial charge in [-0.1, -0.05) is 18.2 Å². The van der Waals surface area contributed by atoms with E-state index in [0.29, 0.717) is 13.1 Å². The number of nitrogens with zero attached hydrogens (tertiary/aromatic N) is 1. The molecule has 2 heterocycles. The van der Waals surface area contributed by atoms with E-state index in [-0.39, 0.29) is 17.7 Å². The van der Waals surface area contributed by atoms with Crippen LogP contribution in [0.1, 0.15) is 45.8 Å². The zero-order chi connectivity index (χ0) is 17.9. The Balaban J connectivity index is 1.33. The molecule has 0 saturated carbocycles. The van der Waals surface area contributed by atoms with Crippen molar-refractivity contribution in [3.05, 3.63) is 51.7 Å². The van der Waals surface area contributed by atoms with Crippen molar-refractivity contribution < 1.29 is 9.59 Å². The summed E-state index contributed by atoms with van der Waals surface area (Å²) in [4.78, 5) is 29.5. The van der Waals surface area contributed by atoms with E-state index >= 15 is 0 Å². The average Bonchev–Trinajstić information content (AvgIpc) is 3.12. The first-order valence-electron chi connectivity index (χ1n) is 9.47. The smallest absolute Gasteiger partial charge is 0.263 e. The van der Waals surface area contributed by atoms with E-state index in [9.17, 15) is 9.59 Å². The quantitative estimate of drug-likeness (QED) is 0.886. The van der Waals surface area contributed by atoms with E-state index in [2.05, 4.69) is 11.4 Å². The van der Waals surface area contributed by atoms with E-state index in [1.165, 1.54) is 23.3 Å². The lowest BCUT2D eigenvalue weighted by Gasteiger charge is -2.31. The predicted molar refractivity (Wildman–Crippen MR) is 105 cm³/mol. The molecule has 0 spiro atoms. The molecule has 1 aromatic carbocycles. The zero-order valence-electron chi connectivity index (χ0n) is 14.9. The van der Waals surface area contributed by atoms with Crippen molar-refractivity contribution in [3.8, 4) is 0 Å². The van der Waals surface area contributed by atoms with E-state index in [1.54, 1.807) is 11.3 Å². The largest absolute Gasteiger partial charge is 0.338 e. The first kappa shape index (κ1) is 17.3. The van der Waals surface area contributed by atoms with Gasteiger partial charge in [-0.2, -0.15) is 0 Å². The van der Waals surface area contributed by atoms with E-state index in [4.69, 9.17) is 0 Å². The number of para-hydroxylation sites is 1. The molecule has 2 aliphatic rings. The SMILES string of the molecule is O=C(Nc1ccccc1)C1CCN(C(=O)c2cc3c(s2)CCCC3)CC1. The Morgan fingerprint density at radius 2 is 1.77 bits per heavy atom. The molecule has 4 rings (SSSR count). The van der Waals surface area contributed by atoms with Crippen molar-refractivity contribution in [2.45, 2.75) is 38.5 Å². The summed E-state index contributed by atoms with van der Waals surface area (Å²) in [5.41, 5.74) is 2.21. The average molecular weight is 369 g/mol. The number of thiophene rings is 1. The maximum atomic E-state index is 12.8. The van der Waals surface area contributed by atoms with Gasteiger partial charge in [-0.15, -0.1) is 11.3 Å². The molecule has 1 saturated heterocycles. The number of carbonyl (C=O) groups is 2. The van der Waals surface area contributed by atoms with Crippen LogP contribution in [0.2, 0.25) is 0 Å². The maximum Gasteiger partial charge on any atom is 0.263 e. The molecule has 136 valence electrons. The Bertz CT molecular complexity index is 768. The summed E-state index contributed by atoms with van der Waals surface area (Å²) in [6.07, 6.45) is 6.17. The fourth-order valence-corrected chi connectivity index (χ4v) is 5.08. The van der Waals surface area contributed by atoms with Gasteiger partial charge in [-0.05, 0) is 62.3 Å². The number of amides is 2. The molecule has 1 fully saturated rings. The lowest BCUT2D eigenvalue weighted by molar-refractivity contribution is -0.121. The molecule has 1 N–H and O–H groups in total. The number of nitrogens with one attached hydrogen (secondary N) is 1. The number of fused-ring (bicyclic) bond motifs is 1. The van der Waals surface area contributed by atoms with Gasteiger partial charge < -0.3 is 10.2 Å². The van der Waals surface area contributed by atoms with Gasteiger partial charge in [0.15, 0.2) is 0 Å². The molecule has 0 atom stereocenters. The third-order valence-electron chi connectivity index (χ3n) is 5.40. The van der Waals surface area contributed by atoms with Gasteiger partial charge in [-0.25, -0.2) is 0 Å². The molecule has 2 amide bonds. The van der Waals surface area contributed by atoms with Crippen LogP contribution in [0, 0.1) is 5.92 Å². The summed E-state index contributed by atoms with van der Waals surface area (Å²) in [6, 6.07) is 11.7. The van der Waals surface area contributed by atoms with Crippen LogP contribution in [0.4, 0.5) is 5.69 Å². The maximum absolute atomic E-state index is 12.8. The number of likely N-dealkylation sites (tertiary alicyclic amines) is 1. The van der Waals surface area contributed by atoms with Crippen LogP contribution in [-0.2, 0) is 17.6 Å². The minimum absolute atomic E-state index is 0.0178. The monoisotopic (exact) mass is 368 g/mol. The molecule has 1 aromatic heterocycles. The second kappa shape index (κ2) is 7.62. The second-order valence-corrected chi connectivity index (χ2v) is 8.32. The first-order valence-corrected chi connectivity index (χ1v) is 10.3. The van der Waals surface area contributed by atoms with E-state index < -0.39 is 0 Å². The van der Waals surface area contributed by atoms with Crippen LogP contribution in [0.15, 0.2) is 36.4 Å². The van der Waals surface area contributed by atoms with Crippen molar-refractivity contribution in [2.24, 2.45) is 5.92 Å². The van der Waals surface area contributed by atoms with Gasteiger partial charge in [-0.3, -0.25) is 9.59 Å². The zero-order valence-corrected chi connectivity index (χ0v) is 15.7. The molecular weight excluding hydrogens is 344 g/mol. The number of hydrogen-bond donors (Lipinski definition) is 1. The number of benzene rings is 1. The van der Waals surface area contributed by atoms with Gasteiger partial charge in [0.2, 0.25) is 5.91 Å². The lowest BCUT2D eigenvalue weighted by atomic mass is 9.95. The summed E-state index contributed by atoms with van der Waals surface area (Å²) >= 11 is 1.68. The molecule has 26 heavy (non-hydrogen) atoms. The summed E-state index contributed by atoms with van der Waals surface area (Å²) in [6.45, 7) is 1.32. The topological polar surface area (TPSA) is 49.4 Å². The summed E-state index contributed by atoms with van der Waals surface area (Å²) in [5, 5.41) is 2.98. The van der Waals surface area contributed by atoms with Crippen LogP contribution < -0.4 is 5.32 Å². The number of piperidine rings is 1. The normalized spacial score (nSPS) is 17.6. The van der Waals surface area contributed by atoms with Crippen molar-refractivity contribution >= 4 is 28.8 Å². The summed E-state index contributed by atoms with van der Waals surface area (Å²) in [7, 11) is 0. The van der Waals surface area contributed by atoms with Crippen LogP contribution in [0.25, 0.3) is 0 Å². The summed E-state index contributed by atoms with van der Waals surface area (Å²) in [5.74, 6) is 0.192. The highest BCUT2D eigenvalue weighted by Crippen LogP contribution is 2.31. The Labute approximate surface area is 158 Å². The highest BCUT2D eigenvalue weighted by Gasteiger charge is 2.29. The minimum Gasteiger partial charge on any atom is -0.338 e. The highest BCUT2D eigenvalue weighted by atomic mass is 32.1. The fourth-order valence-electron chi connectivity index (χ4n) is 3.86. The van der Waals surface area contributed by atoms with Crippen molar-refractivity contribution in [3.63, 3.8) is 0 Å². The minimum atomic E-state index is -0.0178. The molecule has 0 bridgehead atoms. The molecule has 0 radical (unpaired) electrons. The molecule has 4 nitrogen and oxygen atoms in total. The molecule has 5 heteroatoms. The molecule has 0 unspecified atom stereocenters. The molecule has 1 aliphatic heterocycles. The van der Waals surface area contributed by atoms with E-state index in [0.717, 1.165) is 36.2 Å². The number of carbonyl (C=O) groups excluding carboxylic acids is 2. The number of anilines is 1. The van der Waals surface area contributed by atoms with Gasteiger partial charge in [0.25, 0.3) is 5.91 Å². The Morgan fingerprint density at radius 3 is 2.50 bits per heavy atom. The highest BCUT2D eigenvalue weighted by molar-refractivity contribution is 7.14. The Hall–Kier alpha value is -2.14. The predicted octanol–water partition coefficient (Wildman–Crippen LogP) is 4.12. The number of rotatable bonds is 3. The van der Waals surface area contributed by atoms with Crippen molar-refractivity contribution in [1.82, 2.24) is 4.90 Å². The van der Waals surface area contributed by atoms with Crippen LogP contribution in [0.5, 0.6) is 0 Å². The third-order valence-corrected chi connectivity index (χ3v) is 6.63. The standard InChI is InChI=1S/C21H24N2O2S/c24-20(22-17-7-2-1-3-8-17)15-10-12-23(13-11-15)21(25)19-14-16-6-4-5-9-18(16)26-19/h1-3,7-8,14-15H,4-6,9-13H2,(H,22,24). The van der Waals surface area contributed by atoms with Gasteiger partial charge in [0, 0.05) is 29.6 Å². The number of aryl methyl sites for hydroxylation is 2. The fraction of sp³-hybridized carbons (Fsp3) is 0.429. The lowest BCUT2D eigenvalue weighted by Crippen LogP contribution is -2.41. The Kier molecular flexibility index (Phi) is 5.07. The molecule has 1 aliphatic carbocycles. The molecular formula is C21H24N2O2S. The summed E-state index contributed by atoms with van der Waals surface area (Å²) < 4.78 is 0. The van der Waals surface area contributed by atoms with Gasteiger partial charge >= 0.3 is 0 Å². The Morgan fingerprint density at radius 1 is 1.04 bits per heavy atom. The van der Waals surface area contributed by atoms with Gasteiger partial charge in [0.05, 0.1) is 4.88 Å². The van der Waals surface area contributed by atoms with Crippen molar-refractivity contribution in [2.75, 3.05) is 18.4 Å². The number of hydrogen-bond acceptors (Lipinski definition) is 3. The van der Waals surface area contributed by atoms with Crippen LogP contribution in [-0.4, -0.2) is 29.8 Å². The van der Waals surface area contributed by atoms with Gasteiger partial charge in [0.1, 0.15) is 0 Å². The van der Waals surface area contributed by atoms with E-state index in [1.807, 2.05) is 35.2 Å². The molecule has 2 aromatic rings. The van der Waals surface area contributed by atoms with Crippen LogP contribution >= 0.6 is 11.3 Å². The second-order valence-electron chi connectivity index (χ2n) is 7.19. The van der Waals surface area contributed by atoms with Crippen LogP contribution in [0.3, 0.4) is 0 Å². The first-order chi connectivity index (χ1) is 12.7. The van der Waals surface area contributed by atoms with Crippen molar-refractivity contribution in [1.29, 1.82) is 0 Å².